The standard InChI is InChI=1S/C22H20O/c1-23-20-14-12-17(13-15-20)21-16-22(21,18-8-4-2-5-9-18)19-10-6-3-7-11-19/h2-15,21H,16H2,1H3/t21-/m1/s1. The lowest BCUT2D eigenvalue weighted by Gasteiger charge is -2.19. The maximum absolute atomic E-state index is 5.29. The van der Waals surface area contributed by atoms with Crippen molar-refractivity contribution in [2.24, 2.45) is 0 Å². The molecule has 0 aromatic heterocycles. The third kappa shape index (κ3) is 2.33. The number of hydrogen-bond acceptors (Lipinski definition) is 1. The first kappa shape index (κ1) is 14.1. The van der Waals surface area contributed by atoms with Crippen LogP contribution in [0.3, 0.4) is 0 Å². The second-order valence-electron chi connectivity index (χ2n) is 6.23. The van der Waals surface area contributed by atoms with Crippen molar-refractivity contribution >= 4 is 0 Å². The molecule has 0 spiro atoms. The molecular formula is C22H20O. The van der Waals surface area contributed by atoms with Gasteiger partial charge in [0.05, 0.1) is 7.11 Å². The van der Waals surface area contributed by atoms with Gasteiger partial charge in [-0.1, -0.05) is 72.8 Å². The summed E-state index contributed by atoms with van der Waals surface area (Å²) in [5.41, 5.74) is 4.31. The van der Waals surface area contributed by atoms with Crippen LogP contribution in [-0.2, 0) is 5.41 Å². The lowest BCUT2D eigenvalue weighted by Crippen LogP contribution is -2.11. The van der Waals surface area contributed by atoms with Gasteiger partial charge in [0.25, 0.3) is 0 Å². The van der Waals surface area contributed by atoms with Crippen molar-refractivity contribution in [1.82, 2.24) is 0 Å². The van der Waals surface area contributed by atoms with Crippen molar-refractivity contribution in [3.63, 3.8) is 0 Å². The molecule has 1 nitrogen and oxygen atoms in total. The van der Waals surface area contributed by atoms with E-state index in [9.17, 15) is 0 Å². The van der Waals surface area contributed by atoms with Crippen molar-refractivity contribution < 1.29 is 4.74 Å². The monoisotopic (exact) mass is 300 g/mol. The summed E-state index contributed by atoms with van der Waals surface area (Å²) in [6.45, 7) is 0. The molecule has 3 aromatic rings. The first-order valence-electron chi connectivity index (χ1n) is 8.09. The van der Waals surface area contributed by atoms with E-state index in [-0.39, 0.29) is 5.41 Å². The van der Waals surface area contributed by atoms with Crippen LogP contribution in [-0.4, -0.2) is 7.11 Å². The van der Waals surface area contributed by atoms with Crippen LogP contribution < -0.4 is 4.74 Å². The van der Waals surface area contributed by atoms with Crippen molar-refractivity contribution in [2.75, 3.05) is 7.11 Å². The van der Waals surface area contributed by atoms with Crippen LogP contribution in [0.25, 0.3) is 0 Å². The average Bonchev–Trinajstić information content (AvgIpc) is 3.40. The normalized spacial score (nSPS) is 18.4. The van der Waals surface area contributed by atoms with E-state index in [4.69, 9.17) is 4.74 Å². The Balaban J connectivity index is 1.77. The summed E-state index contributed by atoms with van der Waals surface area (Å²) in [5, 5.41) is 0. The van der Waals surface area contributed by atoms with E-state index in [0.29, 0.717) is 5.92 Å². The fourth-order valence-corrected chi connectivity index (χ4v) is 3.78. The van der Waals surface area contributed by atoms with Gasteiger partial charge in [-0.25, -0.2) is 0 Å². The third-order valence-electron chi connectivity index (χ3n) is 5.06. The van der Waals surface area contributed by atoms with E-state index < -0.39 is 0 Å². The lowest BCUT2D eigenvalue weighted by atomic mass is 9.84. The van der Waals surface area contributed by atoms with Gasteiger partial charge in [-0.2, -0.15) is 0 Å². The molecule has 0 unspecified atom stereocenters. The number of benzene rings is 3. The zero-order valence-electron chi connectivity index (χ0n) is 13.3. The SMILES string of the molecule is COc1ccc([C@H]2CC2(c2ccccc2)c2ccccc2)cc1. The summed E-state index contributed by atoms with van der Waals surface area (Å²) >= 11 is 0. The van der Waals surface area contributed by atoms with Crippen molar-refractivity contribution in [3.8, 4) is 5.75 Å². The summed E-state index contributed by atoms with van der Waals surface area (Å²) in [6, 6.07) is 30.3. The Hall–Kier alpha value is -2.54. The van der Waals surface area contributed by atoms with Crippen LogP contribution >= 0.6 is 0 Å². The molecule has 0 heterocycles. The van der Waals surface area contributed by atoms with Crippen LogP contribution in [0.2, 0.25) is 0 Å². The maximum atomic E-state index is 5.29. The fourth-order valence-electron chi connectivity index (χ4n) is 3.78. The van der Waals surface area contributed by atoms with E-state index in [1.165, 1.54) is 16.7 Å². The Kier molecular flexibility index (Phi) is 3.42. The Labute approximate surface area is 137 Å². The van der Waals surface area contributed by atoms with Crippen molar-refractivity contribution in [3.05, 3.63) is 102 Å². The molecule has 3 aromatic carbocycles. The van der Waals surface area contributed by atoms with Gasteiger partial charge >= 0.3 is 0 Å². The van der Waals surface area contributed by atoms with Crippen LogP contribution in [0.5, 0.6) is 5.75 Å². The van der Waals surface area contributed by atoms with E-state index in [1.54, 1.807) is 7.11 Å². The van der Waals surface area contributed by atoms with E-state index in [1.807, 2.05) is 0 Å². The first-order valence-corrected chi connectivity index (χ1v) is 8.09. The van der Waals surface area contributed by atoms with Gasteiger partial charge in [-0.3, -0.25) is 0 Å². The van der Waals surface area contributed by atoms with Gasteiger partial charge < -0.3 is 4.74 Å². The fraction of sp³-hybridized carbons (Fsp3) is 0.182. The highest BCUT2D eigenvalue weighted by Crippen LogP contribution is 2.64. The van der Waals surface area contributed by atoms with Crippen LogP contribution in [0.4, 0.5) is 0 Å². The van der Waals surface area contributed by atoms with Crippen molar-refractivity contribution in [2.45, 2.75) is 17.8 Å². The van der Waals surface area contributed by atoms with Gasteiger partial charge in [0.15, 0.2) is 0 Å². The highest BCUT2D eigenvalue weighted by molar-refractivity contribution is 5.53. The van der Waals surface area contributed by atoms with Gasteiger partial charge in [0, 0.05) is 5.41 Å². The molecule has 0 aliphatic heterocycles. The molecule has 1 heteroatoms. The molecule has 0 radical (unpaired) electrons. The van der Waals surface area contributed by atoms with Gasteiger partial charge in [0.1, 0.15) is 5.75 Å². The summed E-state index contributed by atoms with van der Waals surface area (Å²) in [4.78, 5) is 0. The molecule has 1 aliphatic rings. The molecule has 4 rings (SSSR count). The van der Waals surface area contributed by atoms with Crippen LogP contribution in [0, 0.1) is 0 Å². The predicted octanol–water partition coefficient (Wildman–Crippen LogP) is 5.17. The second-order valence-corrected chi connectivity index (χ2v) is 6.23. The minimum absolute atomic E-state index is 0.108. The van der Waals surface area contributed by atoms with E-state index in [2.05, 4.69) is 84.9 Å². The minimum Gasteiger partial charge on any atom is -0.497 e. The van der Waals surface area contributed by atoms with Gasteiger partial charge in [0.2, 0.25) is 0 Å². The lowest BCUT2D eigenvalue weighted by molar-refractivity contribution is 0.414. The number of hydrogen-bond donors (Lipinski definition) is 0. The number of methoxy groups -OCH3 is 1. The maximum Gasteiger partial charge on any atom is 0.118 e. The topological polar surface area (TPSA) is 9.23 Å². The molecule has 0 bridgehead atoms. The molecule has 0 amide bonds. The molecule has 0 N–H and O–H groups in total. The van der Waals surface area contributed by atoms with Gasteiger partial charge in [-0.15, -0.1) is 0 Å². The summed E-state index contributed by atoms with van der Waals surface area (Å²) < 4.78 is 5.29. The Bertz CT molecular complexity index is 736. The molecular weight excluding hydrogens is 280 g/mol. The number of rotatable bonds is 4. The molecule has 1 fully saturated rings. The molecule has 1 aliphatic carbocycles. The van der Waals surface area contributed by atoms with E-state index >= 15 is 0 Å². The second kappa shape index (κ2) is 5.58. The molecule has 1 atom stereocenters. The summed E-state index contributed by atoms with van der Waals surface area (Å²) in [7, 11) is 1.71. The predicted molar refractivity (Wildman–Crippen MR) is 94.0 cm³/mol. The quantitative estimate of drug-likeness (QED) is 0.646. The smallest absolute Gasteiger partial charge is 0.118 e. The largest absolute Gasteiger partial charge is 0.497 e. The van der Waals surface area contributed by atoms with Crippen LogP contribution in [0.1, 0.15) is 29.0 Å². The summed E-state index contributed by atoms with van der Waals surface area (Å²) in [5.74, 6) is 1.44. The average molecular weight is 300 g/mol. The zero-order valence-corrected chi connectivity index (χ0v) is 13.3. The minimum atomic E-state index is 0.108. The molecule has 1 saturated carbocycles. The third-order valence-corrected chi connectivity index (χ3v) is 5.06. The highest BCUT2D eigenvalue weighted by Gasteiger charge is 2.56. The van der Waals surface area contributed by atoms with Gasteiger partial charge in [-0.05, 0) is 41.2 Å². The zero-order chi connectivity index (χ0) is 15.7. The molecule has 0 saturated heterocycles. The Morgan fingerprint density at radius 1 is 0.739 bits per heavy atom. The Morgan fingerprint density at radius 3 is 1.74 bits per heavy atom. The number of ether oxygens (including phenoxy) is 1. The molecule has 23 heavy (non-hydrogen) atoms. The van der Waals surface area contributed by atoms with Crippen LogP contribution in [0.15, 0.2) is 84.9 Å². The molecule has 114 valence electrons. The highest BCUT2D eigenvalue weighted by atomic mass is 16.5. The van der Waals surface area contributed by atoms with Crippen molar-refractivity contribution in [1.29, 1.82) is 0 Å². The summed E-state index contributed by atoms with van der Waals surface area (Å²) in [6.07, 6.45) is 1.16. The van der Waals surface area contributed by atoms with E-state index in [0.717, 1.165) is 12.2 Å². The first-order chi connectivity index (χ1) is 11.3. The Morgan fingerprint density at radius 2 is 1.26 bits per heavy atom.